The second kappa shape index (κ2) is 17.0. The van der Waals surface area contributed by atoms with E-state index in [1.54, 1.807) is 58.2 Å². The average molecular weight is 544 g/mol. The monoisotopic (exact) mass is 544 g/mol. The van der Waals surface area contributed by atoms with Gasteiger partial charge in [-0.25, -0.2) is 17.6 Å². The first-order chi connectivity index (χ1) is 17.5. The van der Waals surface area contributed by atoms with Crippen molar-refractivity contribution in [2.45, 2.75) is 64.2 Å². The van der Waals surface area contributed by atoms with E-state index in [9.17, 15) is 17.6 Å². The molecule has 7 heteroatoms. The van der Waals surface area contributed by atoms with Crippen LogP contribution in [0.2, 0.25) is 0 Å². The molecule has 2 aliphatic rings. The van der Waals surface area contributed by atoms with Crippen molar-refractivity contribution in [1.29, 1.82) is 0 Å². The van der Waals surface area contributed by atoms with E-state index >= 15 is 0 Å². The van der Waals surface area contributed by atoms with E-state index in [-0.39, 0.29) is 21.7 Å². The van der Waals surface area contributed by atoms with Crippen molar-refractivity contribution >= 4 is 0 Å². The molecular formula is C30H32F4N2Ti. The van der Waals surface area contributed by atoms with Crippen LogP contribution in [0.5, 0.6) is 0 Å². The Hall–Kier alpha value is -2.57. The minimum Gasteiger partial charge on any atom is -0.375 e. The van der Waals surface area contributed by atoms with Crippen molar-refractivity contribution in [2.24, 2.45) is 0 Å². The molecule has 2 fully saturated rings. The average Bonchev–Trinajstić information content (AvgIpc) is 3.69. The normalized spacial score (nSPS) is 13.7. The molecular weight excluding hydrogens is 512 g/mol. The zero-order valence-electron chi connectivity index (χ0n) is 20.9. The fourth-order valence-corrected chi connectivity index (χ4v) is 4.03. The number of benzene rings is 2. The van der Waals surface area contributed by atoms with Gasteiger partial charge in [-0.1, -0.05) is 64.2 Å². The van der Waals surface area contributed by atoms with E-state index in [0.717, 1.165) is 0 Å². The van der Waals surface area contributed by atoms with E-state index in [2.05, 4.69) is 0 Å². The van der Waals surface area contributed by atoms with Gasteiger partial charge in [0.15, 0.2) is 0 Å². The zero-order chi connectivity index (χ0) is 25.6. The predicted molar refractivity (Wildman–Crippen MR) is 135 cm³/mol. The quantitative estimate of drug-likeness (QED) is 0.135. The van der Waals surface area contributed by atoms with E-state index in [1.165, 1.54) is 88.5 Å². The van der Waals surface area contributed by atoms with Gasteiger partial charge in [-0.2, -0.15) is 0 Å². The fraction of sp³-hybridized carbons (Fsp3) is 0.333. The number of halogens is 4. The molecule has 4 aromatic rings. The SMILES string of the molecule is C1CCCC1.C1CCCC1.Fc1[c-]c(F)c(-n2cccc2)cc1.Fc1[c-]c(F)c(-n2cccc2)cc1.[Ti+2]. The molecule has 0 atom stereocenters. The van der Waals surface area contributed by atoms with E-state index in [0.29, 0.717) is 11.4 Å². The Labute approximate surface area is 232 Å². The minimum atomic E-state index is -0.687. The maximum Gasteiger partial charge on any atom is 2.00 e. The number of nitrogens with zero attached hydrogens (tertiary/aromatic N) is 2. The maximum absolute atomic E-state index is 13.1. The molecule has 6 rings (SSSR count). The summed E-state index contributed by atoms with van der Waals surface area (Å²) in [6, 6.07) is 16.1. The largest absolute Gasteiger partial charge is 2.00 e. The van der Waals surface area contributed by atoms with Crippen LogP contribution in [0, 0.1) is 35.4 Å². The predicted octanol–water partition coefficient (Wildman–Crippen LogP) is 9.01. The number of aromatic nitrogens is 2. The van der Waals surface area contributed by atoms with E-state index in [4.69, 9.17) is 0 Å². The van der Waals surface area contributed by atoms with E-state index < -0.39 is 23.3 Å². The van der Waals surface area contributed by atoms with Crippen LogP contribution < -0.4 is 0 Å². The van der Waals surface area contributed by atoms with Crippen LogP contribution in [0.4, 0.5) is 17.6 Å². The summed E-state index contributed by atoms with van der Waals surface area (Å²) in [5.41, 5.74) is 0.595. The number of hydrogen-bond donors (Lipinski definition) is 0. The Morgan fingerprint density at radius 3 is 0.973 bits per heavy atom. The molecule has 194 valence electrons. The van der Waals surface area contributed by atoms with Gasteiger partial charge in [0.2, 0.25) is 0 Å². The third-order valence-electron chi connectivity index (χ3n) is 5.95. The second-order valence-electron chi connectivity index (χ2n) is 8.73. The maximum atomic E-state index is 13.1. The first-order valence-electron chi connectivity index (χ1n) is 12.6. The van der Waals surface area contributed by atoms with Crippen LogP contribution >= 0.6 is 0 Å². The summed E-state index contributed by atoms with van der Waals surface area (Å²) in [6.45, 7) is 0. The third kappa shape index (κ3) is 10.8. The van der Waals surface area contributed by atoms with Crippen molar-refractivity contribution in [3.63, 3.8) is 0 Å². The number of rotatable bonds is 2. The van der Waals surface area contributed by atoms with Crippen molar-refractivity contribution < 1.29 is 39.3 Å². The van der Waals surface area contributed by atoms with Gasteiger partial charge in [-0.05, 0) is 60.4 Å². The van der Waals surface area contributed by atoms with Gasteiger partial charge in [0.1, 0.15) is 0 Å². The van der Waals surface area contributed by atoms with Crippen molar-refractivity contribution in [1.82, 2.24) is 9.13 Å². The van der Waals surface area contributed by atoms with Crippen molar-refractivity contribution in [3.05, 3.63) is 109 Å². The first kappa shape index (κ1) is 30.7. The van der Waals surface area contributed by atoms with Gasteiger partial charge in [-0.3, -0.25) is 0 Å². The van der Waals surface area contributed by atoms with Crippen LogP contribution in [0.25, 0.3) is 11.4 Å². The molecule has 2 heterocycles. The Bertz CT molecular complexity index is 1030. The Kier molecular flexibility index (Phi) is 14.1. The fourth-order valence-electron chi connectivity index (χ4n) is 4.03. The van der Waals surface area contributed by atoms with Gasteiger partial charge < -0.3 is 9.13 Å². The summed E-state index contributed by atoms with van der Waals surface area (Å²) in [5.74, 6) is -2.74. The van der Waals surface area contributed by atoms with Gasteiger partial charge in [-0.15, -0.1) is 36.4 Å². The smallest absolute Gasteiger partial charge is 0.375 e. The molecule has 0 aliphatic heterocycles. The Balaban J connectivity index is 0.000000187. The first-order valence-corrected chi connectivity index (χ1v) is 12.6. The standard InChI is InChI=1S/2C10H6F2N.2C5H10.Ti/c2*11-8-3-4-10(9(12)7-8)13-5-1-2-6-13;2*1-2-4-5-3-1;/h2*1-6H;2*1-5H2;/q2*-1;;;+2. The third-order valence-corrected chi connectivity index (χ3v) is 5.95. The summed E-state index contributed by atoms with van der Waals surface area (Å²) in [4.78, 5) is 0. The number of hydrogen-bond acceptors (Lipinski definition) is 0. The second-order valence-corrected chi connectivity index (χ2v) is 8.73. The van der Waals surface area contributed by atoms with Crippen LogP contribution in [0.1, 0.15) is 64.2 Å². The molecule has 0 saturated heterocycles. The molecule has 0 N–H and O–H groups in total. The molecule has 2 aromatic heterocycles. The summed E-state index contributed by atoms with van der Waals surface area (Å²) >= 11 is 0. The molecule has 0 bridgehead atoms. The van der Waals surface area contributed by atoms with Gasteiger partial charge in [0, 0.05) is 23.3 Å². The molecule has 2 saturated carbocycles. The van der Waals surface area contributed by atoms with Crippen LogP contribution in [-0.4, -0.2) is 9.13 Å². The molecule has 2 aromatic carbocycles. The molecule has 0 radical (unpaired) electrons. The van der Waals surface area contributed by atoms with Gasteiger partial charge in [0.05, 0.1) is 0 Å². The topological polar surface area (TPSA) is 9.86 Å². The summed E-state index contributed by atoms with van der Waals surface area (Å²) in [5, 5.41) is 0. The molecule has 0 unspecified atom stereocenters. The Morgan fingerprint density at radius 1 is 0.459 bits per heavy atom. The summed E-state index contributed by atoms with van der Waals surface area (Å²) in [7, 11) is 0. The zero-order valence-corrected chi connectivity index (χ0v) is 22.5. The molecule has 2 aliphatic carbocycles. The molecule has 0 spiro atoms. The summed E-state index contributed by atoms with van der Waals surface area (Å²) in [6.07, 6.45) is 21.7. The van der Waals surface area contributed by atoms with Crippen LogP contribution in [0.3, 0.4) is 0 Å². The summed E-state index contributed by atoms with van der Waals surface area (Å²) < 4.78 is 54.3. The van der Waals surface area contributed by atoms with E-state index in [1.807, 2.05) is 12.1 Å². The Morgan fingerprint density at radius 2 is 0.730 bits per heavy atom. The minimum absolute atomic E-state index is 0. The molecule has 37 heavy (non-hydrogen) atoms. The van der Waals surface area contributed by atoms with Crippen molar-refractivity contribution in [3.8, 4) is 11.4 Å². The van der Waals surface area contributed by atoms with Crippen LogP contribution in [-0.2, 0) is 21.7 Å². The molecule has 0 amide bonds. The van der Waals surface area contributed by atoms with Crippen molar-refractivity contribution in [2.75, 3.05) is 0 Å². The van der Waals surface area contributed by atoms with Gasteiger partial charge in [0.25, 0.3) is 0 Å². The van der Waals surface area contributed by atoms with Crippen LogP contribution in [0.15, 0.2) is 73.3 Å². The van der Waals surface area contributed by atoms with Gasteiger partial charge >= 0.3 is 21.7 Å². The molecule has 2 nitrogen and oxygen atoms in total.